The highest BCUT2D eigenvalue weighted by molar-refractivity contribution is 4.85. The summed E-state index contributed by atoms with van der Waals surface area (Å²) in [5, 5.41) is 0. The number of rotatable bonds is 6. The van der Waals surface area contributed by atoms with Crippen molar-refractivity contribution in [3.8, 4) is 0 Å². The average molecular weight is 339 g/mol. The number of likely N-dealkylation sites (tertiary alicyclic amines) is 2. The zero-order valence-electron chi connectivity index (χ0n) is 16.1. The van der Waals surface area contributed by atoms with Crippen LogP contribution in [0.5, 0.6) is 0 Å². The molecule has 0 unspecified atom stereocenters. The summed E-state index contributed by atoms with van der Waals surface area (Å²) in [5.74, 6) is 0. The van der Waals surface area contributed by atoms with E-state index in [-0.39, 0.29) is 5.60 Å². The van der Waals surface area contributed by atoms with E-state index >= 15 is 0 Å². The van der Waals surface area contributed by atoms with Gasteiger partial charge in [-0.2, -0.15) is 0 Å². The van der Waals surface area contributed by atoms with Crippen molar-refractivity contribution in [1.29, 1.82) is 0 Å². The van der Waals surface area contributed by atoms with E-state index in [4.69, 9.17) is 9.47 Å². The molecular weight excluding hydrogens is 300 g/mol. The first-order valence-electron chi connectivity index (χ1n) is 10.3. The maximum Gasteiger partial charge on any atom is 0.0631 e. The first-order valence-corrected chi connectivity index (χ1v) is 10.3. The summed E-state index contributed by atoms with van der Waals surface area (Å²) in [6, 6.07) is 0. The Kier molecular flexibility index (Phi) is 6.58. The molecule has 0 radical (unpaired) electrons. The van der Waals surface area contributed by atoms with Crippen molar-refractivity contribution < 1.29 is 9.47 Å². The summed E-state index contributed by atoms with van der Waals surface area (Å²) in [5.41, 5.74) is -0.0185. The molecule has 4 nitrogen and oxygen atoms in total. The molecule has 0 atom stereocenters. The van der Waals surface area contributed by atoms with Crippen LogP contribution in [0.3, 0.4) is 0 Å². The predicted octanol–water partition coefficient (Wildman–Crippen LogP) is 3.30. The summed E-state index contributed by atoms with van der Waals surface area (Å²) in [6.07, 6.45) is 10.2. The minimum atomic E-state index is -0.0185. The second-order valence-corrected chi connectivity index (χ2v) is 9.03. The van der Waals surface area contributed by atoms with Crippen LogP contribution in [0.15, 0.2) is 0 Å². The fourth-order valence-corrected chi connectivity index (χ4v) is 4.23. The first-order chi connectivity index (χ1) is 11.5. The van der Waals surface area contributed by atoms with E-state index < -0.39 is 0 Å². The number of nitrogens with zero attached hydrogens (tertiary/aromatic N) is 2. The van der Waals surface area contributed by atoms with Gasteiger partial charge in [-0.05, 0) is 72.4 Å². The normalized spacial score (nSPS) is 31.1. The fourth-order valence-electron chi connectivity index (χ4n) is 4.23. The lowest BCUT2D eigenvalue weighted by Gasteiger charge is -2.42. The van der Waals surface area contributed by atoms with Crippen molar-refractivity contribution in [3.05, 3.63) is 0 Å². The van der Waals surface area contributed by atoms with Crippen LogP contribution in [0.2, 0.25) is 0 Å². The lowest BCUT2D eigenvalue weighted by Crippen LogP contribution is -2.46. The lowest BCUT2D eigenvalue weighted by molar-refractivity contribution is -0.167. The second kappa shape index (κ2) is 8.48. The molecule has 0 aromatic carbocycles. The van der Waals surface area contributed by atoms with Crippen LogP contribution in [-0.2, 0) is 9.47 Å². The summed E-state index contributed by atoms with van der Waals surface area (Å²) in [7, 11) is 0. The third kappa shape index (κ3) is 5.98. The van der Waals surface area contributed by atoms with Crippen LogP contribution in [0.4, 0.5) is 0 Å². The molecule has 24 heavy (non-hydrogen) atoms. The van der Waals surface area contributed by atoms with E-state index in [1.807, 2.05) is 0 Å². The van der Waals surface area contributed by atoms with E-state index in [0.717, 1.165) is 12.8 Å². The van der Waals surface area contributed by atoms with Gasteiger partial charge in [-0.1, -0.05) is 6.42 Å². The molecule has 2 aliphatic heterocycles. The summed E-state index contributed by atoms with van der Waals surface area (Å²) < 4.78 is 12.3. The highest BCUT2D eigenvalue weighted by atomic mass is 16.5. The van der Waals surface area contributed by atoms with E-state index in [1.165, 1.54) is 71.4 Å². The van der Waals surface area contributed by atoms with Gasteiger partial charge < -0.3 is 19.3 Å². The zero-order valence-corrected chi connectivity index (χ0v) is 16.1. The monoisotopic (exact) mass is 338 g/mol. The Morgan fingerprint density at radius 1 is 0.750 bits per heavy atom. The molecule has 3 aliphatic rings. The number of hydrogen-bond acceptors (Lipinski definition) is 4. The minimum absolute atomic E-state index is 0.0185. The van der Waals surface area contributed by atoms with E-state index in [1.54, 1.807) is 0 Å². The summed E-state index contributed by atoms with van der Waals surface area (Å²) in [6.45, 7) is 14.0. The summed E-state index contributed by atoms with van der Waals surface area (Å²) >= 11 is 0. The minimum Gasteiger partial charge on any atom is -0.375 e. The molecule has 1 saturated carbocycles. The average Bonchev–Trinajstić information content (AvgIpc) is 2.52. The van der Waals surface area contributed by atoms with E-state index in [0.29, 0.717) is 18.3 Å². The first kappa shape index (κ1) is 18.6. The van der Waals surface area contributed by atoms with Gasteiger partial charge in [0.1, 0.15) is 0 Å². The molecule has 2 heterocycles. The highest BCUT2D eigenvalue weighted by Crippen LogP contribution is 2.32. The lowest BCUT2D eigenvalue weighted by atomic mass is 9.90. The molecule has 0 N–H and O–H groups in total. The number of piperidine rings is 2. The fraction of sp³-hybridized carbons (Fsp3) is 1.00. The quantitative estimate of drug-likeness (QED) is 0.742. The van der Waals surface area contributed by atoms with Crippen LogP contribution in [0.1, 0.15) is 65.7 Å². The van der Waals surface area contributed by atoms with Gasteiger partial charge in [0.2, 0.25) is 0 Å². The van der Waals surface area contributed by atoms with Gasteiger partial charge in [-0.3, -0.25) is 0 Å². The second-order valence-electron chi connectivity index (χ2n) is 9.03. The number of hydrogen-bond donors (Lipinski definition) is 0. The molecule has 0 amide bonds. The molecular formula is C20H38N2O2. The van der Waals surface area contributed by atoms with Gasteiger partial charge >= 0.3 is 0 Å². The van der Waals surface area contributed by atoms with Crippen LogP contribution >= 0.6 is 0 Å². The SMILES string of the molecule is CC(C)(C)OC1CC(OC2CCN(CCN3CCCCC3)CC2)C1. The summed E-state index contributed by atoms with van der Waals surface area (Å²) in [4.78, 5) is 5.29. The maximum absolute atomic E-state index is 6.30. The van der Waals surface area contributed by atoms with Crippen LogP contribution < -0.4 is 0 Å². The Balaban J connectivity index is 1.25. The molecule has 140 valence electrons. The standard InChI is InChI=1S/C20H38N2O2/c1-20(2,3)24-19-15-18(16-19)23-17-7-11-22(12-8-17)14-13-21-9-5-4-6-10-21/h17-19H,4-16H2,1-3H3. The molecule has 0 aromatic rings. The van der Waals surface area contributed by atoms with Gasteiger partial charge in [-0.25, -0.2) is 0 Å². The van der Waals surface area contributed by atoms with Crippen molar-refractivity contribution in [1.82, 2.24) is 9.80 Å². The molecule has 1 aliphatic carbocycles. The Morgan fingerprint density at radius 2 is 1.33 bits per heavy atom. The molecule has 3 fully saturated rings. The highest BCUT2D eigenvalue weighted by Gasteiger charge is 2.35. The van der Waals surface area contributed by atoms with Crippen molar-refractivity contribution in [2.75, 3.05) is 39.3 Å². The largest absolute Gasteiger partial charge is 0.375 e. The molecule has 0 aromatic heterocycles. The van der Waals surface area contributed by atoms with Gasteiger partial charge in [0.25, 0.3) is 0 Å². The van der Waals surface area contributed by atoms with Crippen molar-refractivity contribution >= 4 is 0 Å². The Hall–Kier alpha value is -0.160. The van der Waals surface area contributed by atoms with Gasteiger partial charge in [0, 0.05) is 26.2 Å². The Labute approximate surface area is 148 Å². The van der Waals surface area contributed by atoms with Gasteiger partial charge in [0.15, 0.2) is 0 Å². The third-order valence-corrected chi connectivity index (χ3v) is 5.67. The van der Waals surface area contributed by atoms with Gasteiger partial charge in [-0.15, -0.1) is 0 Å². The topological polar surface area (TPSA) is 24.9 Å². The zero-order chi connectivity index (χ0) is 17.0. The molecule has 4 heteroatoms. The van der Waals surface area contributed by atoms with Crippen molar-refractivity contribution in [2.45, 2.75) is 89.6 Å². The van der Waals surface area contributed by atoms with E-state index in [2.05, 4.69) is 30.6 Å². The maximum atomic E-state index is 6.30. The Morgan fingerprint density at radius 3 is 1.92 bits per heavy atom. The smallest absolute Gasteiger partial charge is 0.0631 e. The van der Waals surface area contributed by atoms with Crippen molar-refractivity contribution in [2.24, 2.45) is 0 Å². The van der Waals surface area contributed by atoms with Crippen molar-refractivity contribution in [3.63, 3.8) is 0 Å². The van der Waals surface area contributed by atoms with Gasteiger partial charge in [0.05, 0.1) is 23.9 Å². The molecule has 0 spiro atoms. The molecule has 2 saturated heterocycles. The Bertz CT molecular complexity index is 362. The number of ether oxygens (including phenoxy) is 2. The van der Waals surface area contributed by atoms with Crippen LogP contribution in [0, 0.1) is 0 Å². The van der Waals surface area contributed by atoms with Crippen LogP contribution in [0.25, 0.3) is 0 Å². The predicted molar refractivity (Wildman–Crippen MR) is 98.5 cm³/mol. The third-order valence-electron chi connectivity index (χ3n) is 5.67. The molecule has 0 bridgehead atoms. The molecule has 3 rings (SSSR count). The van der Waals surface area contributed by atoms with Crippen LogP contribution in [-0.4, -0.2) is 73.0 Å². The van der Waals surface area contributed by atoms with E-state index in [9.17, 15) is 0 Å².